The van der Waals surface area contributed by atoms with Crippen LogP contribution in [-0.2, 0) is 11.3 Å². The van der Waals surface area contributed by atoms with E-state index < -0.39 is 0 Å². The molecule has 2 aromatic rings. The molecular weight excluding hydrogens is 282 g/mol. The quantitative estimate of drug-likeness (QED) is 0.810. The number of hydrogen-bond acceptors (Lipinski definition) is 2. The molecule has 21 heavy (non-hydrogen) atoms. The van der Waals surface area contributed by atoms with Crippen molar-refractivity contribution in [2.45, 2.75) is 25.0 Å². The Labute approximate surface area is 129 Å². The van der Waals surface area contributed by atoms with Crippen LogP contribution in [0.5, 0.6) is 0 Å². The zero-order valence-electron chi connectivity index (χ0n) is 11.6. The van der Waals surface area contributed by atoms with Crippen LogP contribution in [0.25, 0.3) is 6.08 Å². The minimum Gasteiger partial charge on any atom is -0.269 e. The number of halogens is 1. The van der Waals surface area contributed by atoms with Crippen molar-refractivity contribution in [1.82, 2.24) is 0 Å². The van der Waals surface area contributed by atoms with Gasteiger partial charge in [-0.1, -0.05) is 54.1 Å². The highest BCUT2D eigenvalue weighted by Crippen LogP contribution is 2.39. The molecule has 0 saturated carbocycles. The number of hydroxylamine groups is 1. The van der Waals surface area contributed by atoms with E-state index >= 15 is 0 Å². The van der Waals surface area contributed by atoms with E-state index in [1.807, 2.05) is 17.2 Å². The fourth-order valence-electron chi connectivity index (χ4n) is 3.12. The van der Waals surface area contributed by atoms with Crippen LogP contribution in [0.15, 0.2) is 54.6 Å². The molecule has 2 aliphatic heterocycles. The molecular formula is C18H16ClNO. The van der Waals surface area contributed by atoms with Crippen LogP contribution >= 0.6 is 11.6 Å². The minimum absolute atomic E-state index is 0.265. The maximum absolute atomic E-state index is 6.10. The second-order valence-corrected chi connectivity index (χ2v) is 6.04. The number of benzene rings is 2. The second-order valence-electron chi connectivity index (χ2n) is 5.60. The van der Waals surface area contributed by atoms with Crippen molar-refractivity contribution in [2.75, 3.05) is 5.06 Å². The summed E-state index contributed by atoms with van der Waals surface area (Å²) in [6, 6.07) is 16.7. The molecule has 2 aliphatic rings. The summed E-state index contributed by atoms with van der Waals surface area (Å²) in [7, 11) is 0. The van der Waals surface area contributed by atoms with Gasteiger partial charge in [-0.15, -0.1) is 0 Å². The first kappa shape index (κ1) is 12.9. The van der Waals surface area contributed by atoms with E-state index in [-0.39, 0.29) is 12.1 Å². The summed E-state index contributed by atoms with van der Waals surface area (Å²) in [5.41, 5.74) is 3.65. The first-order valence-corrected chi connectivity index (χ1v) is 7.65. The van der Waals surface area contributed by atoms with Gasteiger partial charge in [0.1, 0.15) is 0 Å². The van der Waals surface area contributed by atoms with E-state index in [1.165, 1.54) is 11.1 Å². The molecule has 0 aliphatic carbocycles. The van der Waals surface area contributed by atoms with E-state index in [1.54, 1.807) is 0 Å². The Bertz CT molecular complexity index is 683. The molecule has 3 heteroatoms. The van der Waals surface area contributed by atoms with Gasteiger partial charge in [-0.2, -0.15) is 0 Å². The summed E-state index contributed by atoms with van der Waals surface area (Å²) < 4.78 is 0. The summed E-state index contributed by atoms with van der Waals surface area (Å²) in [6.45, 7) is 0. The predicted octanol–water partition coefficient (Wildman–Crippen LogP) is 4.49. The van der Waals surface area contributed by atoms with Crippen LogP contribution < -0.4 is 5.06 Å². The van der Waals surface area contributed by atoms with Crippen molar-refractivity contribution in [3.8, 4) is 0 Å². The first-order valence-electron chi connectivity index (χ1n) is 7.27. The van der Waals surface area contributed by atoms with Gasteiger partial charge in [0.25, 0.3) is 0 Å². The second kappa shape index (κ2) is 5.21. The third-order valence-corrected chi connectivity index (χ3v) is 4.34. The van der Waals surface area contributed by atoms with Crippen LogP contribution in [0.4, 0.5) is 5.69 Å². The molecule has 0 spiro atoms. The molecule has 0 amide bonds. The van der Waals surface area contributed by atoms with Gasteiger partial charge in [-0.05, 0) is 29.3 Å². The normalized spacial score (nSPS) is 23.6. The van der Waals surface area contributed by atoms with Gasteiger partial charge < -0.3 is 0 Å². The Hall–Kier alpha value is -1.77. The highest BCUT2D eigenvalue weighted by atomic mass is 35.5. The Morgan fingerprint density at radius 1 is 1.14 bits per heavy atom. The van der Waals surface area contributed by atoms with Crippen LogP contribution in [0.2, 0.25) is 5.02 Å². The molecule has 2 atom stereocenters. The van der Waals surface area contributed by atoms with Gasteiger partial charge in [0.05, 0.1) is 17.8 Å². The molecule has 4 rings (SSSR count). The maximum atomic E-state index is 6.10. The van der Waals surface area contributed by atoms with Gasteiger partial charge in [0.2, 0.25) is 0 Å². The Kier molecular flexibility index (Phi) is 3.21. The van der Waals surface area contributed by atoms with Crippen molar-refractivity contribution in [3.63, 3.8) is 0 Å². The van der Waals surface area contributed by atoms with Gasteiger partial charge >= 0.3 is 0 Å². The maximum Gasteiger partial charge on any atom is 0.0921 e. The molecule has 1 saturated heterocycles. The third kappa shape index (κ3) is 2.45. The fraction of sp³-hybridized carbons (Fsp3) is 0.222. The van der Waals surface area contributed by atoms with Gasteiger partial charge in [-0.3, -0.25) is 4.84 Å². The highest BCUT2D eigenvalue weighted by Gasteiger charge is 2.37. The molecule has 2 nitrogen and oxygen atoms in total. The molecule has 0 N–H and O–H groups in total. The van der Waals surface area contributed by atoms with Crippen LogP contribution in [0, 0.1) is 0 Å². The molecule has 2 heterocycles. The number of nitrogens with zero attached hydrogens (tertiary/aromatic N) is 1. The smallest absolute Gasteiger partial charge is 0.0921 e. The summed E-state index contributed by atoms with van der Waals surface area (Å²) in [5.74, 6) is 0. The fourth-order valence-corrected chi connectivity index (χ4v) is 3.32. The van der Waals surface area contributed by atoms with Crippen LogP contribution in [0.3, 0.4) is 0 Å². The Morgan fingerprint density at radius 3 is 2.86 bits per heavy atom. The minimum atomic E-state index is 0.265. The standard InChI is InChI=1S/C18H16ClNO/c19-15-7-9-18-14(10-15)11-17-12-16(20(18)21-17)8-6-13-4-2-1-3-5-13/h1-10,16-17H,11-12H2/b8-6+/t16-,17+/m0/s1. The van der Waals surface area contributed by atoms with Crippen molar-refractivity contribution >= 4 is 23.4 Å². The van der Waals surface area contributed by atoms with E-state index in [0.717, 1.165) is 23.6 Å². The molecule has 2 aromatic carbocycles. The van der Waals surface area contributed by atoms with E-state index in [9.17, 15) is 0 Å². The summed E-state index contributed by atoms with van der Waals surface area (Å²) >= 11 is 6.10. The van der Waals surface area contributed by atoms with Crippen molar-refractivity contribution in [3.05, 3.63) is 70.8 Å². The monoisotopic (exact) mass is 297 g/mol. The van der Waals surface area contributed by atoms with Gasteiger partial charge in [0.15, 0.2) is 0 Å². The van der Waals surface area contributed by atoms with Crippen LogP contribution in [0.1, 0.15) is 17.5 Å². The molecule has 0 unspecified atom stereocenters. The molecule has 1 fully saturated rings. The number of anilines is 1. The zero-order valence-corrected chi connectivity index (χ0v) is 12.3. The lowest BCUT2D eigenvalue weighted by Crippen LogP contribution is -2.30. The largest absolute Gasteiger partial charge is 0.269 e. The average Bonchev–Trinajstić information content (AvgIpc) is 2.83. The first-order chi connectivity index (χ1) is 10.3. The summed E-state index contributed by atoms with van der Waals surface area (Å²) in [5, 5.41) is 2.84. The van der Waals surface area contributed by atoms with Crippen LogP contribution in [-0.4, -0.2) is 12.1 Å². The SMILES string of the molecule is Clc1ccc2c(c1)C[C@@H]1C[C@H](/C=C/c3ccccc3)N2O1. The predicted molar refractivity (Wildman–Crippen MR) is 86.4 cm³/mol. The Morgan fingerprint density at radius 2 is 2.00 bits per heavy atom. The lowest BCUT2D eigenvalue weighted by molar-refractivity contribution is 0.0753. The lowest BCUT2D eigenvalue weighted by Gasteiger charge is -2.29. The van der Waals surface area contributed by atoms with E-state index in [2.05, 4.69) is 48.6 Å². The number of rotatable bonds is 2. The highest BCUT2D eigenvalue weighted by molar-refractivity contribution is 6.30. The zero-order chi connectivity index (χ0) is 14.2. The molecule has 106 valence electrons. The molecule has 0 radical (unpaired) electrons. The van der Waals surface area contributed by atoms with Gasteiger partial charge in [-0.25, -0.2) is 5.06 Å². The third-order valence-electron chi connectivity index (χ3n) is 4.11. The van der Waals surface area contributed by atoms with Crippen molar-refractivity contribution in [1.29, 1.82) is 0 Å². The lowest BCUT2D eigenvalue weighted by atomic mass is 10.0. The topological polar surface area (TPSA) is 12.5 Å². The summed E-state index contributed by atoms with van der Waals surface area (Å²) in [6.07, 6.45) is 6.64. The van der Waals surface area contributed by atoms with Crippen molar-refractivity contribution < 1.29 is 4.84 Å². The molecule has 2 bridgehead atoms. The summed E-state index contributed by atoms with van der Waals surface area (Å²) in [4.78, 5) is 6.00. The number of fused-ring (bicyclic) bond motifs is 4. The number of hydrogen-bond donors (Lipinski definition) is 0. The average molecular weight is 298 g/mol. The molecule has 0 aromatic heterocycles. The van der Waals surface area contributed by atoms with Crippen molar-refractivity contribution in [2.24, 2.45) is 0 Å². The van der Waals surface area contributed by atoms with E-state index in [4.69, 9.17) is 16.4 Å². The van der Waals surface area contributed by atoms with E-state index in [0.29, 0.717) is 0 Å². The van der Waals surface area contributed by atoms with Gasteiger partial charge in [0, 0.05) is 17.9 Å². The Balaban J connectivity index is 1.61.